The highest BCUT2D eigenvalue weighted by molar-refractivity contribution is 7.48. The van der Waals surface area contributed by atoms with Crippen LogP contribution in [0.25, 0.3) is 0 Å². The molecule has 0 radical (unpaired) electrons. The number of phosphoric acid groups is 1. The first-order valence-corrected chi connectivity index (χ1v) is 11.3. The zero-order valence-corrected chi connectivity index (χ0v) is 18.0. The lowest BCUT2D eigenvalue weighted by atomic mass is 10.1. The average Bonchev–Trinajstić information content (AvgIpc) is 2.96. The molecule has 1 aromatic carbocycles. The first kappa shape index (κ1) is 23.2. The normalized spacial score (nSPS) is 32.1. The highest BCUT2D eigenvalue weighted by Crippen LogP contribution is 2.57. The summed E-state index contributed by atoms with van der Waals surface area (Å²) in [6.45, 7) is -0.724. The Bertz CT molecular complexity index is 1100. The van der Waals surface area contributed by atoms with Gasteiger partial charge in [-0.2, -0.15) is 13.8 Å². The molecule has 3 heterocycles. The maximum Gasteiger partial charge on any atom is 0.475 e. The monoisotopic (exact) mass is 493 g/mol. The van der Waals surface area contributed by atoms with Crippen LogP contribution in [0.15, 0.2) is 41.3 Å². The van der Waals surface area contributed by atoms with E-state index < -0.39 is 50.6 Å². The topological polar surface area (TPSA) is 135 Å². The van der Waals surface area contributed by atoms with Gasteiger partial charge < -0.3 is 15.6 Å². The zero-order chi connectivity index (χ0) is 23.1. The molecule has 14 heteroatoms. The summed E-state index contributed by atoms with van der Waals surface area (Å²) in [4.78, 5) is 15.3. The van der Waals surface area contributed by atoms with Gasteiger partial charge in [-0.25, -0.2) is 9.36 Å². The van der Waals surface area contributed by atoms with E-state index in [-0.39, 0.29) is 12.4 Å². The fraction of sp³-hybridized carbons (Fsp3) is 0.444. The predicted octanol–water partition coefficient (Wildman–Crippen LogP) is 2.68. The molecule has 2 saturated heterocycles. The number of nitrogens with zero attached hydrogens (tertiary/aromatic N) is 2. The third-order valence-corrected chi connectivity index (χ3v) is 6.70. The van der Waals surface area contributed by atoms with Gasteiger partial charge in [0, 0.05) is 17.6 Å². The van der Waals surface area contributed by atoms with Gasteiger partial charge >= 0.3 is 19.4 Å². The molecule has 0 bridgehead atoms. The van der Waals surface area contributed by atoms with Crippen molar-refractivity contribution in [1.82, 2.24) is 9.55 Å². The second-order valence-electron chi connectivity index (χ2n) is 7.20. The zero-order valence-electron chi connectivity index (χ0n) is 16.3. The minimum absolute atomic E-state index is 0.0216. The number of nitrogen functional groups attached to an aromatic ring is 1. The number of anilines is 1. The van der Waals surface area contributed by atoms with Gasteiger partial charge in [-0.1, -0.05) is 23.7 Å². The molecule has 32 heavy (non-hydrogen) atoms. The number of benzene rings is 1. The van der Waals surface area contributed by atoms with Crippen LogP contribution in [0, 0.1) is 0 Å². The van der Waals surface area contributed by atoms with Crippen molar-refractivity contribution in [1.29, 1.82) is 0 Å². The number of hydrogen-bond donors (Lipinski definition) is 2. The van der Waals surface area contributed by atoms with Crippen LogP contribution in [0.2, 0.25) is 5.02 Å². The summed E-state index contributed by atoms with van der Waals surface area (Å²) in [6, 6.07) is 7.85. The number of rotatable bonds is 5. The summed E-state index contributed by atoms with van der Waals surface area (Å²) in [5.74, 6) is -4.03. The van der Waals surface area contributed by atoms with Crippen LogP contribution in [0.5, 0.6) is 0 Å². The smallest absolute Gasteiger partial charge is 0.384 e. The molecule has 0 saturated carbocycles. The van der Waals surface area contributed by atoms with E-state index in [1.165, 1.54) is 0 Å². The predicted molar refractivity (Wildman–Crippen MR) is 107 cm³/mol. The van der Waals surface area contributed by atoms with E-state index in [1.807, 2.05) is 0 Å². The largest absolute Gasteiger partial charge is 0.475 e. The molecule has 174 valence electrons. The van der Waals surface area contributed by atoms with Crippen LogP contribution in [0.3, 0.4) is 0 Å². The number of ether oxygens (including phenoxy) is 1. The summed E-state index contributed by atoms with van der Waals surface area (Å²) < 4.78 is 63.5. The first-order chi connectivity index (χ1) is 15.1. The van der Waals surface area contributed by atoms with Gasteiger partial charge in [0.2, 0.25) is 6.23 Å². The van der Waals surface area contributed by atoms with Gasteiger partial charge in [-0.3, -0.25) is 18.1 Å². The molecular formula is C18H19ClF2N3O7P. The summed E-state index contributed by atoms with van der Waals surface area (Å²) >= 11 is 5.97. The van der Waals surface area contributed by atoms with Crippen LogP contribution in [0.1, 0.15) is 24.3 Å². The van der Waals surface area contributed by atoms with E-state index in [4.69, 9.17) is 35.6 Å². The van der Waals surface area contributed by atoms with Gasteiger partial charge in [-0.05, 0) is 23.8 Å². The Morgan fingerprint density at radius 2 is 2.19 bits per heavy atom. The summed E-state index contributed by atoms with van der Waals surface area (Å²) in [6.07, 6.45) is -5.48. The van der Waals surface area contributed by atoms with E-state index in [0.717, 1.165) is 12.3 Å². The highest BCUT2D eigenvalue weighted by atomic mass is 35.5. The van der Waals surface area contributed by atoms with Gasteiger partial charge in [0.1, 0.15) is 11.9 Å². The fourth-order valence-corrected chi connectivity index (χ4v) is 4.98. The minimum atomic E-state index is -4.16. The molecule has 4 rings (SSSR count). The molecule has 2 aliphatic rings. The van der Waals surface area contributed by atoms with Crippen LogP contribution >= 0.6 is 19.4 Å². The van der Waals surface area contributed by atoms with Crippen LogP contribution in [-0.4, -0.2) is 46.0 Å². The number of aliphatic hydroxyl groups is 1. The Morgan fingerprint density at radius 1 is 1.41 bits per heavy atom. The number of hydrogen-bond acceptors (Lipinski definition) is 9. The molecule has 2 fully saturated rings. The van der Waals surface area contributed by atoms with E-state index in [9.17, 15) is 23.2 Å². The Morgan fingerprint density at radius 3 is 2.91 bits per heavy atom. The molecule has 3 N–H and O–H groups in total. The van der Waals surface area contributed by atoms with Crippen molar-refractivity contribution in [3.05, 3.63) is 57.6 Å². The van der Waals surface area contributed by atoms with Crippen LogP contribution < -0.4 is 11.4 Å². The van der Waals surface area contributed by atoms with Crippen molar-refractivity contribution < 1.29 is 36.8 Å². The van der Waals surface area contributed by atoms with E-state index in [0.29, 0.717) is 21.6 Å². The standard InChI is InChI=1S/C18H19ClF2N3O7P/c19-11-3-1-2-10(8-11)12-5-7-28-32(27,31-12)29-9-13-15(25)18(20,21)16(30-13)24-6-4-14(22)23-17(24)26/h1-4,6,8,12-13,15-16,25H,5,7,9H2,(H2,22,23,26)/t12-,13-,15-,16-,32?/m1/s1. The number of aromatic nitrogens is 2. The number of halogens is 3. The molecule has 0 aliphatic carbocycles. The molecular weight excluding hydrogens is 475 g/mol. The SMILES string of the molecule is Nc1ccn([C@@H]2O[C@H](COP3(=O)OCC[C@H](c4cccc(Cl)c4)O3)[C@@H](O)C2(F)F)c(=O)n1. The molecule has 1 unspecified atom stereocenters. The molecule has 10 nitrogen and oxygen atoms in total. The van der Waals surface area contributed by atoms with Gasteiger partial charge in [0.25, 0.3) is 0 Å². The Hall–Kier alpha value is -1.92. The van der Waals surface area contributed by atoms with Gasteiger partial charge in [-0.15, -0.1) is 0 Å². The van der Waals surface area contributed by atoms with Crippen molar-refractivity contribution >= 4 is 25.2 Å². The summed E-state index contributed by atoms with van der Waals surface area (Å²) in [7, 11) is -4.16. The van der Waals surface area contributed by atoms with Crippen molar-refractivity contribution in [2.45, 2.75) is 36.9 Å². The van der Waals surface area contributed by atoms with E-state index in [2.05, 4.69) is 4.98 Å². The van der Waals surface area contributed by atoms with Crippen molar-refractivity contribution in [3.8, 4) is 0 Å². The maximum absolute atomic E-state index is 14.6. The molecule has 5 atom stereocenters. The minimum Gasteiger partial charge on any atom is -0.384 e. The summed E-state index contributed by atoms with van der Waals surface area (Å²) in [5.41, 5.74) is 4.92. The van der Waals surface area contributed by atoms with Gasteiger partial charge in [0.15, 0.2) is 6.10 Å². The highest BCUT2D eigenvalue weighted by Gasteiger charge is 2.60. The lowest BCUT2D eigenvalue weighted by Gasteiger charge is -2.29. The molecule has 2 aliphatic heterocycles. The lowest BCUT2D eigenvalue weighted by Crippen LogP contribution is -2.42. The van der Waals surface area contributed by atoms with Crippen LogP contribution in [0.4, 0.5) is 14.6 Å². The Kier molecular flexibility index (Phi) is 6.38. The van der Waals surface area contributed by atoms with E-state index >= 15 is 0 Å². The van der Waals surface area contributed by atoms with Crippen molar-refractivity contribution in [2.24, 2.45) is 0 Å². The molecule has 1 aromatic heterocycles. The Labute approximate surface area is 185 Å². The molecule has 2 aromatic rings. The van der Waals surface area contributed by atoms with Crippen molar-refractivity contribution in [2.75, 3.05) is 18.9 Å². The van der Waals surface area contributed by atoms with Crippen LogP contribution in [-0.2, 0) is 22.9 Å². The second kappa shape index (κ2) is 8.79. The fourth-order valence-electron chi connectivity index (χ4n) is 3.39. The molecule has 0 spiro atoms. The third-order valence-electron chi connectivity index (χ3n) is 4.99. The average molecular weight is 494 g/mol. The quantitative estimate of drug-likeness (QED) is 0.602. The van der Waals surface area contributed by atoms with Crippen molar-refractivity contribution in [3.63, 3.8) is 0 Å². The number of phosphoric ester groups is 1. The van der Waals surface area contributed by atoms with E-state index in [1.54, 1.807) is 24.3 Å². The Balaban J connectivity index is 1.46. The first-order valence-electron chi connectivity index (χ1n) is 9.48. The number of aliphatic hydroxyl groups excluding tert-OH is 1. The van der Waals surface area contributed by atoms with Gasteiger partial charge in [0.05, 0.1) is 19.3 Å². The molecule has 0 amide bonds. The number of nitrogens with two attached hydrogens (primary N) is 1. The second-order valence-corrected chi connectivity index (χ2v) is 9.26. The maximum atomic E-state index is 14.6. The lowest BCUT2D eigenvalue weighted by molar-refractivity contribution is -0.140. The third kappa shape index (κ3) is 4.58. The number of alkyl halides is 2. The summed E-state index contributed by atoms with van der Waals surface area (Å²) in [5, 5.41) is 10.5.